The number of rotatable bonds is 6. The fraction of sp³-hybridized carbons (Fsp3) is 0.682. The topological polar surface area (TPSA) is 54.5 Å². The highest BCUT2D eigenvalue weighted by atomic mass is 16.5. The number of benzene rings is 1. The summed E-state index contributed by atoms with van der Waals surface area (Å²) >= 11 is 0. The molecule has 4 rings (SSSR count). The van der Waals surface area contributed by atoms with Gasteiger partial charge in [0.05, 0.1) is 46.0 Å². The minimum Gasteiger partial charge on any atom is -0.496 e. The molecule has 0 aromatic heterocycles. The molecular formula is C22H33N3O4. The van der Waals surface area contributed by atoms with Gasteiger partial charge in [0.1, 0.15) is 5.75 Å². The molecule has 0 N–H and O–H groups in total. The zero-order chi connectivity index (χ0) is 20.1. The molecule has 1 amide bonds. The fourth-order valence-electron chi connectivity index (χ4n) is 4.65. The van der Waals surface area contributed by atoms with Gasteiger partial charge in [-0.25, -0.2) is 0 Å². The molecule has 0 spiro atoms. The monoisotopic (exact) mass is 403 g/mol. The quantitative estimate of drug-likeness (QED) is 0.698. The van der Waals surface area contributed by atoms with Gasteiger partial charge in [-0.05, 0) is 6.07 Å². The molecule has 0 radical (unpaired) electrons. The van der Waals surface area contributed by atoms with Gasteiger partial charge in [0.15, 0.2) is 0 Å². The van der Waals surface area contributed by atoms with Crippen LogP contribution in [0.3, 0.4) is 0 Å². The molecule has 7 heteroatoms. The van der Waals surface area contributed by atoms with Crippen molar-refractivity contribution in [3.63, 3.8) is 0 Å². The number of carbonyl (C=O) groups is 1. The van der Waals surface area contributed by atoms with Gasteiger partial charge in [-0.1, -0.05) is 18.2 Å². The minimum atomic E-state index is 0.120. The van der Waals surface area contributed by atoms with E-state index in [2.05, 4.69) is 14.7 Å². The van der Waals surface area contributed by atoms with Gasteiger partial charge in [0, 0.05) is 57.3 Å². The van der Waals surface area contributed by atoms with Crippen molar-refractivity contribution in [3.05, 3.63) is 29.8 Å². The summed E-state index contributed by atoms with van der Waals surface area (Å²) in [5, 5.41) is 0. The first kappa shape index (κ1) is 20.6. The number of nitrogens with zero attached hydrogens (tertiary/aromatic N) is 3. The molecule has 2 atom stereocenters. The zero-order valence-electron chi connectivity index (χ0n) is 17.4. The molecule has 7 nitrogen and oxygen atoms in total. The van der Waals surface area contributed by atoms with Crippen LogP contribution in [0, 0.1) is 5.92 Å². The maximum Gasteiger partial charge on any atom is 0.227 e. The van der Waals surface area contributed by atoms with Crippen LogP contribution >= 0.6 is 0 Å². The number of hydrogen-bond acceptors (Lipinski definition) is 6. The lowest BCUT2D eigenvalue weighted by atomic mass is 10.1. The van der Waals surface area contributed by atoms with Crippen molar-refractivity contribution in [2.45, 2.75) is 12.5 Å². The van der Waals surface area contributed by atoms with Crippen LogP contribution in [0.15, 0.2) is 24.3 Å². The molecule has 2 bridgehead atoms. The van der Waals surface area contributed by atoms with E-state index >= 15 is 0 Å². The summed E-state index contributed by atoms with van der Waals surface area (Å²) < 4.78 is 16.8. The van der Waals surface area contributed by atoms with Crippen LogP contribution in [0.2, 0.25) is 0 Å². The number of para-hydroxylation sites is 1. The van der Waals surface area contributed by atoms with Gasteiger partial charge < -0.3 is 19.1 Å². The van der Waals surface area contributed by atoms with Crippen molar-refractivity contribution in [2.24, 2.45) is 5.92 Å². The molecule has 1 aromatic carbocycles. The smallest absolute Gasteiger partial charge is 0.227 e. The van der Waals surface area contributed by atoms with E-state index in [-0.39, 0.29) is 11.9 Å². The van der Waals surface area contributed by atoms with Crippen LogP contribution in [0.1, 0.15) is 5.56 Å². The second-order valence-corrected chi connectivity index (χ2v) is 8.31. The Morgan fingerprint density at radius 3 is 2.66 bits per heavy atom. The second-order valence-electron chi connectivity index (χ2n) is 8.31. The molecule has 29 heavy (non-hydrogen) atoms. The largest absolute Gasteiger partial charge is 0.496 e. The van der Waals surface area contributed by atoms with E-state index in [0.29, 0.717) is 18.9 Å². The third-order valence-corrected chi connectivity index (χ3v) is 6.24. The first-order chi connectivity index (χ1) is 14.2. The highest BCUT2D eigenvalue weighted by molar-refractivity contribution is 5.80. The van der Waals surface area contributed by atoms with E-state index in [1.165, 1.54) is 0 Å². The van der Waals surface area contributed by atoms with Crippen LogP contribution in [0.4, 0.5) is 0 Å². The molecule has 1 aromatic rings. The van der Waals surface area contributed by atoms with Gasteiger partial charge in [0.25, 0.3) is 0 Å². The van der Waals surface area contributed by atoms with Crippen LogP contribution in [-0.4, -0.2) is 106 Å². The first-order valence-electron chi connectivity index (χ1n) is 10.7. The lowest BCUT2D eigenvalue weighted by molar-refractivity contribution is -0.133. The third-order valence-electron chi connectivity index (χ3n) is 6.24. The number of ether oxygens (including phenoxy) is 3. The van der Waals surface area contributed by atoms with Crippen molar-refractivity contribution in [3.8, 4) is 5.75 Å². The molecule has 3 heterocycles. The second kappa shape index (κ2) is 9.89. The summed E-state index contributed by atoms with van der Waals surface area (Å²) in [7, 11) is 1.66. The molecular weight excluding hydrogens is 370 g/mol. The van der Waals surface area contributed by atoms with Crippen LogP contribution in [0.25, 0.3) is 0 Å². The fourth-order valence-corrected chi connectivity index (χ4v) is 4.65. The highest BCUT2D eigenvalue weighted by Crippen LogP contribution is 2.23. The Balaban J connectivity index is 1.39. The van der Waals surface area contributed by atoms with E-state index in [1.54, 1.807) is 7.11 Å². The molecule has 3 aliphatic heterocycles. The zero-order valence-corrected chi connectivity index (χ0v) is 17.4. The summed E-state index contributed by atoms with van der Waals surface area (Å²) in [5.41, 5.74) is 0.948. The van der Waals surface area contributed by atoms with Gasteiger partial charge in [-0.15, -0.1) is 0 Å². The Bertz CT molecular complexity index is 680. The first-order valence-corrected chi connectivity index (χ1v) is 10.7. The lowest BCUT2D eigenvalue weighted by Crippen LogP contribution is -2.48. The lowest BCUT2D eigenvalue weighted by Gasteiger charge is -2.33. The Kier molecular flexibility index (Phi) is 7.02. The van der Waals surface area contributed by atoms with Gasteiger partial charge >= 0.3 is 0 Å². The normalized spacial score (nSPS) is 26.2. The Hall–Kier alpha value is -1.67. The molecule has 3 fully saturated rings. The van der Waals surface area contributed by atoms with Crippen molar-refractivity contribution in [1.82, 2.24) is 14.7 Å². The summed E-state index contributed by atoms with van der Waals surface area (Å²) in [4.78, 5) is 20.3. The van der Waals surface area contributed by atoms with E-state index in [1.807, 2.05) is 24.3 Å². The van der Waals surface area contributed by atoms with Crippen molar-refractivity contribution >= 4 is 5.91 Å². The minimum absolute atomic E-state index is 0.120. The molecule has 3 aliphatic rings. The highest BCUT2D eigenvalue weighted by Gasteiger charge is 2.35. The molecule has 0 unspecified atom stereocenters. The van der Waals surface area contributed by atoms with Gasteiger partial charge in [0.2, 0.25) is 5.91 Å². The molecule has 160 valence electrons. The number of carbonyl (C=O) groups excluding carboxylic acids is 1. The summed E-state index contributed by atoms with van der Waals surface area (Å²) in [5.74, 6) is 1.32. The molecule has 0 saturated carbocycles. The summed E-state index contributed by atoms with van der Waals surface area (Å²) in [6, 6.07) is 7.91. The maximum atomic E-state index is 13.2. The van der Waals surface area contributed by atoms with E-state index in [4.69, 9.17) is 14.2 Å². The average Bonchev–Trinajstić information content (AvgIpc) is 3.04. The SMILES string of the molecule is COc1ccccc1CC(=O)N1C[C@H]2COC[C@@H]1CN(CCN1CCOCC1)C2. The number of methoxy groups -OCH3 is 1. The van der Waals surface area contributed by atoms with Gasteiger partial charge in [-0.2, -0.15) is 0 Å². The number of fused-ring (bicyclic) bond motifs is 3. The Morgan fingerprint density at radius 2 is 1.83 bits per heavy atom. The standard InChI is InChI=1S/C22H33N3O4/c1-27-21-5-3-2-4-19(21)12-22(26)25-14-18-13-24(15-20(25)17-29-16-18)7-6-23-8-10-28-11-9-23/h2-5,18,20H,6-17H2,1H3/t18-,20-/m0/s1. The number of morpholine rings is 1. The van der Waals surface area contributed by atoms with Crippen LogP contribution in [0.5, 0.6) is 5.75 Å². The number of hydrogen-bond donors (Lipinski definition) is 0. The Morgan fingerprint density at radius 1 is 1.03 bits per heavy atom. The Labute approximate surface area is 173 Å². The van der Waals surface area contributed by atoms with Gasteiger partial charge in [-0.3, -0.25) is 14.6 Å². The van der Waals surface area contributed by atoms with Crippen molar-refractivity contribution < 1.29 is 19.0 Å². The average molecular weight is 404 g/mol. The molecule has 3 saturated heterocycles. The predicted octanol–water partition coefficient (Wildman–Crippen LogP) is 0.729. The summed E-state index contributed by atoms with van der Waals surface area (Å²) in [6.07, 6.45) is 0.376. The summed E-state index contributed by atoms with van der Waals surface area (Å²) in [6.45, 7) is 9.87. The van der Waals surface area contributed by atoms with Crippen molar-refractivity contribution in [1.29, 1.82) is 0 Å². The number of amides is 1. The van der Waals surface area contributed by atoms with Crippen LogP contribution < -0.4 is 4.74 Å². The van der Waals surface area contributed by atoms with Crippen LogP contribution in [-0.2, 0) is 20.7 Å². The molecule has 0 aliphatic carbocycles. The predicted molar refractivity (Wildman–Crippen MR) is 110 cm³/mol. The van der Waals surface area contributed by atoms with E-state index < -0.39 is 0 Å². The van der Waals surface area contributed by atoms with Crippen molar-refractivity contribution in [2.75, 3.05) is 79.4 Å². The van der Waals surface area contributed by atoms with E-state index in [0.717, 1.165) is 76.9 Å². The van der Waals surface area contributed by atoms with E-state index in [9.17, 15) is 4.79 Å². The maximum absolute atomic E-state index is 13.2. The third kappa shape index (κ3) is 5.28.